The van der Waals surface area contributed by atoms with Crippen LogP contribution in [0.2, 0.25) is 0 Å². The second kappa shape index (κ2) is 6.61. The van der Waals surface area contributed by atoms with Crippen molar-refractivity contribution in [1.82, 2.24) is 5.32 Å². The van der Waals surface area contributed by atoms with Crippen LogP contribution in [0, 0.1) is 0 Å². The van der Waals surface area contributed by atoms with Gasteiger partial charge in [0, 0.05) is 23.0 Å². The van der Waals surface area contributed by atoms with Crippen molar-refractivity contribution >= 4 is 11.4 Å². The van der Waals surface area contributed by atoms with Crippen LogP contribution < -0.4 is 20.5 Å². The number of aliphatic imine (C=N–C) groups is 1. The van der Waals surface area contributed by atoms with E-state index in [1.54, 1.807) is 20.3 Å². The molecular formula is C15H23N3O2. The van der Waals surface area contributed by atoms with Crippen molar-refractivity contribution in [2.45, 2.75) is 25.8 Å². The maximum Gasteiger partial charge on any atom is 0.162 e. The topological polar surface area (TPSA) is 68.9 Å². The zero-order valence-electron chi connectivity index (χ0n) is 12.4. The molecular weight excluding hydrogens is 254 g/mol. The predicted octanol–water partition coefficient (Wildman–Crippen LogP) is 1.85. The summed E-state index contributed by atoms with van der Waals surface area (Å²) < 4.78 is 10.6. The highest BCUT2D eigenvalue weighted by molar-refractivity contribution is 6.03. The molecule has 0 spiro atoms. The Morgan fingerprint density at radius 3 is 2.40 bits per heavy atom. The number of hydrogen-bond acceptors (Lipinski definition) is 5. The third kappa shape index (κ3) is 3.22. The number of rotatable bonds is 4. The molecule has 0 bridgehead atoms. The second-order valence-corrected chi connectivity index (χ2v) is 4.99. The fourth-order valence-corrected chi connectivity index (χ4v) is 2.49. The quantitative estimate of drug-likeness (QED) is 0.651. The first-order valence-corrected chi connectivity index (χ1v) is 6.92. The summed E-state index contributed by atoms with van der Waals surface area (Å²) in [6, 6.07) is 4.06. The van der Waals surface area contributed by atoms with Gasteiger partial charge in [-0.05, 0) is 38.9 Å². The minimum absolute atomic E-state index is 0.378. The number of nitrogens with two attached hydrogens (primary N) is 1. The van der Waals surface area contributed by atoms with Crippen molar-refractivity contribution in [1.29, 1.82) is 0 Å². The highest BCUT2D eigenvalue weighted by Crippen LogP contribution is 2.32. The lowest BCUT2D eigenvalue weighted by Gasteiger charge is -2.20. The number of hydrogen-bond donors (Lipinski definition) is 2. The number of methoxy groups -OCH3 is 2. The summed E-state index contributed by atoms with van der Waals surface area (Å²) in [5.74, 6) is 1.32. The van der Waals surface area contributed by atoms with E-state index >= 15 is 0 Å². The molecule has 0 aliphatic carbocycles. The van der Waals surface area contributed by atoms with Crippen LogP contribution in [0.4, 0.5) is 5.69 Å². The van der Waals surface area contributed by atoms with Gasteiger partial charge in [-0.25, -0.2) is 0 Å². The number of nitrogen functional groups attached to an aromatic ring is 1. The minimum atomic E-state index is 0.378. The summed E-state index contributed by atoms with van der Waals surface area (Å²) in [5, 5.41) is 3.34. The molecule has 3 N–H and O–H groups in total. The van der Waals surface area contributed by atoms with E-state index in [1.807, 2.05) is 13.0 Å². The number of nitrogens with zero attached hydrogens (tertiary/aromatic N) is 1. The Labute approximate surface area is 120 Å². The summed E-state index contributed by atoms with van der Waals surface area (Å²) in [4.78, 5) is 4.80. The van der Waals surface area contributed by atoms with Gasteiger partial charge in [0.15, 0.2) is 11.5 Å². The van der Waals surface area contributed by atoms with E-state index < -0.39 is 0 Å². The molecule has 5 heteroatoms. The Bertz CT molecular complexity index is 494. The largest absolute Gasteiger partial charge is 0.493 e. The molecule has 0 atom stereocenters. The van der Waals surface area contributed by atoms with Gasteiger partial charge < -0.3 is 20.5 Å². The third-order valence-electron chi connectivity index (χ3n) is 3.63. The van der Waals surface area contributed by atoms with Crippen LogP contribution in [0.5, 0.6) is 11.5 Å². The monoisotopic (exact) mass is 277 g/mol. The normalized spacial score (nSPS) is 17.1. The number of ether oxygens (including phenoxy) is 2. The fourth-order valence-electron chi connectivity index (χ4n) is 2.49. The van der Waals surface area contributed by atoms with Crippen LogP contribution in [-0.4, -0.2) is 39.1 Å². The number of nitrogens with one attached hydrogen (secondary N) is 1. The Morgan fingerprint density at radius 2 is 1.80 bits per heavy atom. The van der Waals surface area contributed by atoms with E-state index in [0.717, 1.165) is 37.2 Å². The first kappa shape index (κ1) is 14.7. The first-order chi connectivity index (χ1) is 9.65. The van der Waals surface area contributed by atoms with Crippen molar-refractivity contribution in [3.8, 4) is 11.5 Å². The van der Waals surface area contributed by atoms with Gasteiger partial charge in [0.25, 0.3) is 0 Å². The molecule has 20 heavy (non-hydrogen) atoms. The van der Waals surface area contributed by atoms with Crippen molar-refractivity contribution in [3.63, 3.8) is 0 Å². The van der Waals surface area contributed by atoms with Gasteiger partial charge in [-0.1, -0.05) is 0 Å². The number of benzene rings is 1. The van der Waals surface area contributed by atoms with E-state index in [-0.39, 0.29) is 0 Å². The molecule has 1 fully saturated rings. The molecule has 1 aliphatic rings. The van der Waals surface area contributed by atoms with Crippen molar-refractivity contribution in [2.24, 2.45) is 4.99 Å². The molecule has 1 heterocycles. The van der Waals surface area contributed by atoms with Gasteiger partial charge >= 0.3 is 0 Å². The Morgan fingerprint density at radius 1 is 1.20 bits per heavy atom. The van der Waals surface area contributed by atoms with Gasteiger partial charge in [-0.15, -0.1) is 0 Å². The summed E-state index contributed by atoms with van der Waals surface area (Å²) in [7, 11) is 3.23. The van der Waals surface area contributed by atoms with Crippen LogP contribution >= 0.6 is 0 Å². The third-order valence-corrected chi connectivity index (χ3v) is 3.63. The molecule has 0 amide bonds. The average Bonchev–Trinajstić information content (AvgIpc) is 2.47. The van der Waals surface area contributed by atoms with Gasteiger partial charge in [0.05, 0.1) is 20.3 Å². The molecule has 1 saturated heterocycles. The molecule has 0 radical (unpaired) electrons. The van der Waals surface area contributed by atoms with Crippen LogP contribution in [-0.2, 0) is 0 Å². The molecule has 0 saturated carbocycles. The molecule has 2 rings (SSSR count). The zero-order chi connectivity index (χ0) is 14.5. The molecule has 1 aliphatic heterocycles. The molecule has 0 aromatic heterocycles. The Balaban J connectivity index is 2.28. The highest BCUT2D eigenvalue weighted by atomic mass is 16.5. The fraction of sp³-hybridized carbons (Fsp3) is 0.533. The van der Waals surface area contributed by atoms with E-state index in [1.165, 1.54) is 0 Å². The van der Waals surface area contributed by atoms with E-state index in [9.17, 15) is 0 Å². The van der Waals surface area contributed by atoms with Crippen LogP contribution in [0.1, 0.15) is 25.3 Å². The Hall–Kier alpha value is -1.75. The predicted molar refractivity (Wildman–Crippen MR) is 82.1 cm³/mol. The maximum absolute atomic E-state index is 6.10. The SMILES string of the molecule is COc1cc(N)c(C(C)=NC2CCNCC2)cc1OC. The first-order valence-electron chi connectivity index (χ1n) is 6.92. The van der Waals surface area contributed by atoms with Gasteiger partial charge in [0.2, 0.25) is 0 Å². The number of piperidine rings is 1. The lowest BCUT2D eigenvalue weighted by Crippen LogP contribution is -2.30. The van der Waals surface area contributed by atoms with E-state index in [0.29, 0.717) is 23.2 Å². The van der Waals surface area contributed by atoms with Crippen LogP contribution in [0.25, 0.3) is 0 Å². The van der Waals surface area contributed by atoms with Gasteiger partial charge in [-0.2, -0.15) is 0 Å². The lowest BCUT2D eigenvalue weighted by molar-refractivity contribution is 0.355. The van der Waals surface area contributed by atoms with Gasteiger partial charge in [0.1, 0.15) is 0 Å². The lowest BCUT2D eigenvalue weighted by atomic mass is 10.0. The van der Waals surface area contributed by atoms with Crippen molar-refractivity contribution in [3.05, 3.63) is 17.7 Å². The molecule has 5 nitrogen and oxygen atoms in total. The van der Waals surface area contributed by atoms with Crippen LogP contribution in [0.15, 0.2) is 17.1 Å². The Kier molecular flexibility index (Phi) is 4.84. The standard InChI is InChI=1S/C15H23N3O2/c1-10(18-11-4-6-17-7-5-11)12-8-14(19-2)15(20-3)9-13(12)16/h8-9,11,17H,4-7,16H2,1-3H3. The average molecular weight is 277 g/mol. The smallest absolute Gasteiger partial charge is 0.162 e. The van der Waals surface area contributed by atoms with E-state index in [2.05, 4.69) is 5.32 Å². The molecule has 1 aromatic rings. The summed E-state index contributed by atoms with van der Waals surface area (Å²) in [6.07, 6.45) is 2.15. The van der Waals surface area contributed by atoms with Crippen LogP contribution in [0.3, 0.4) is 0 Å². The summed E-state index contributed by atoms with van der Waals surface area (Å²) in [5.41, 5.74) is 8.63. The summed E-state index contributed by atoms with van der Waals surface area (Å²) in [6.45, 7) is 4.06. The molecule has 0 unspecified atom stereocenters. The zero-order valence-corrected chi connectivity index (χ0v) is 12.4. The van der Waals surface area contributed by atoms with Gasteiger partial charge in [-0.3, -0.25) is 4.99 Å². The highest BCUT2D eigenvalue weighted by Gasteiger charge is 2.15. The van der Waals surface area contributed by atoms with Crippen molar-refractivity contribution in [2.75, 3.05) is 33.0 Å². The van der Waals surface area contributed by atoms with Crippen molar-refractivity contribution < 1.29 is 9.47 Å². The van der Waals surface area contributed by atoms with E-state index in [4.69, 9.17) is 20.2 Å². The maximum atomic E-state index is 6.10. The number of anilines is 1. The molecule has 1 aromatic carbocycles. The minimum Gasteiger partial charge on any atom is -0.493 e. The molecule has 110 valence electrons. The summed E-state index contributed by atoms with van der Waals surface area (Å²) >= 11 is 0. The second-order valence-electron chi connectivity index (χ2n) is 4.99.